The Balaban J connectivity index is 1.86. The Morgan fingerprint density at radius 1 is 1.14 bits per heavy atom. The monoisotopic (exact) mass is 295 g/mol. The van der Waals surface area contributed by atoms with E-state index in [4.69, 9.17) is 5.73 Å². The number of aromatic hydroxyl groups is 1. The van der Waals surface area contributed by atoms with E-state index >= 15 is 0 Å². The van der Waals surface area contributed by atoms with Gasteiger partial charge in [0.25, 0.3) is 5.91 Å². The minimum absolute atomic E-state index is 0.0171. The van der Waals surface area contributed by atoms with E-state index in [0.29, 0.717) is 11.3 Å². The van der Waals surface area contributed by atoms with Crippen LogP contribution in [0.15, 0.2) is 54.6 Å². The standard InChI is InChI=1S/C15H13N5O2/c16-14-18-15(17-11-7-4-8-12(21)9-11)19-20(14)13(22)10-5-2-1-3-6-10/h1-9,21H,(H3,16,17,18,19). The predicted octanol–water partition coefficient (Wildman–Crippen LogP) is 2.00. The highest BCUT2D eigenvalue weighted by Crippen LogP contribution is 2.19. The first-order chi connectivity index (χ1) is 10.6. The average Bonchev–Trinajstić information content (AvgIpc) is 2.88. The van der Waals surface area contributed by atoms with Gasteiger partial charge in [-0.05, 0) is 24.3 Å². The van der Waals surface area contributed by atoms with Gasteiger partial charge in [-0.15, -0.1) is 5.10 Å². The normalized spacial score (nSPS) is 10.4. The summed E-state index contributed by atoms with van der Waals surface area (Å²) in [6.45, 7) is 0. The molecule has 3 rings (SSSR count). The number of carbonyl (C=O) groups is 1. The van der Waals surface area contributed by atoms with Crippen LogP contribution < -0.4 is 11.1 Å². The van der Waals surface area contributed by atoms with Gasteiger partial charge in [0, 0.05) is 17.3 Å². The van der Waals surface area contributed by atoms with Crippen molar-refractivity contribution in [2.24, 2.45) is 0 Å². The molecule has 0 spiro atoms. The van der Waals surface area contributed by atoms with E-state index in [9.17, 15) is 9.90 Å². The summed E-state index contributed by atoms with van der Waals surface area (Å²) in [7, 11) is 0. The molecule has 0 saturated heterocycles. The highest BCUT2D eigenvalue weighted by molar-refractivity contribution is 5.96. The van der Waals surface area contributed by atoms with Crippen LogP contribution in [0.25, 0.3) is 0 Å². The molecule has 2 aromatic carbocycles. The van der Waals surface area contributed by atoms with Crippen LogP contribution in [-0.2, 0) is 0 Å². The van der Waals surface area contributed by atoms with Gasteiger partial charge in [0.1, 0.15) is 5.75 Å². The van der Waals surface area contributed by atoms with E-state index in [2.05, 4.69) is 15.4 Å². The maximum atomic E-state index is 12.3. The minimum atomic E-state index is -0.366. The van der Waals surface area contributed by atoms with Crippen LogP contribution in [0, 0.1) is 0 Å². The maximum Gasteiger partial charge on any atom is 0.281 e. The molecule has 1 aromatic heterocycles. The number of hydrogen-bond acceptors (Lipinski definition) is 6. The van der Waals surface area contributed by atoms with Crippen molar-refractivity contribution in [3.05, 3.63) is 60.2 Å². The SMILES string of the molecule is Nc1nc(Nc2cccc(O)c2)nn1C(=O)c1ccccc1. The van der Waals surface area contributed by atoms with Crippen molar-refractivity contribution in [2.75, 3.05) is 11.1 Å². The fraction of sp³-hybridized carbons (Fsp3) is 0. The number of nitrogen functional groups attached to an aromatic ring is 1. The first kappa shape index (κ1) is 13.6. The number of anilines is 3. The fourth-order valence-electron chi connectivity index (χ4n) is 1.94. The molecule has 0 bridgehead atoms. The first-order valence-corrected chi connectivity index (χ1v) is 6.52. The molecule has 0 atom stereocenters. The number of nitrogens with one attached hydrogen (secondary N) is 1. The summed E-state index contributed by atoms with van der Waals surface area (Å²) in [6, 6.07) is 15.1. The third-order valence-corrected chi connectivity index (χ3v) is 2.95. The van der Waals surface area contributed by atoms with Gasteiger partial charge in [0.05, 0.1) is 0 Å². The van der Waals surface area contributed by atoms with Crippen molar-refractivity contribution in [2.45, 2.75) is 0 Å². The van der Waals surface area contributed by atoms with Crippen LogP contribution in [-0.4, -0.2) is 25.8 Å². The summed E-state index contributed by atoms with van der Waals surface area (Å²) in [5.41, 5.74) is 6.79. The summed E-state index contributed by atoms with van der Waals surface area (Å²) < 4.78 is 1.03. The van der Waals surface area contributed by atoms with Crippen molar-refractivity contribution in [3.63, 3.8) is 0 Å². The smallest absolute Gasteiger partial charge is 0.281 e. The van der Waals surface area contributed by atoms with Crippen molar-refractivity contribution >= 4 is 23.5 Å². The number of carbonyl (C=O) groups excluding carboxylic acids is 1. The molecule has 7 heteroatoms. The van der Waals surface area contributed by atoms with Gasteiger partial charge in [-0.3, -0.25) is 4.79 Å². The molecule has 0 aliphatic rings. The number of benzene rings is 2. The minimum Gasteiger partial charge on any atom is -0.508 e. The molecule has 0 aliphatic heterocycles. The molecular formula is C15H13N5O2. The fourth-order valence-corrected chi connectivity index (χ4v) is 1.94. The van der Waals surface area contributed by atoms with Crippen LogP contribution in [0.2, 0.25) is 0 Å². The first-order valence-electron chi connectivity index (χ1n) is 6.52. The third kappa shape index (κ3) is 2.73. The summed E-state index contributed by atoms with van der Waals surface area (Å²) >= 11 is 0. The zero-order valence-corrected chi connectivity index (χ0v) is 11.5. The van der Waals surface area contributed by atoms with Gasteiger partial charge >= 0.3 is 0 Å². The molecule has 7 nitrogen and oxygen atoms in total. The summed E-state index contributed by atoms with van der Waals surface area (Å²) in [5, 5.41) is 16.3. The highest BCUT2D eigenvalue weighted by atomic mass is 16.3. The third-order valence-electron chi connectivity index (χ3n) is 2.95. The molecule has 22 heavy (non-hydrogen) atoms. The Morgan fingerprint density at radius 2 is 1.91 bits per heavy atom. The number of nitrogens with zero attached hydrogens (tertiary/aromatic N) is 3. The Bertz CT molecular complexity index is 814. The number of rotatable bonds is 3. The molecule has 0 aliphatic carbocycles. The molecule has 1 heterocycles. The maximum absolute atomic E-state index is 12.3. The van der Waals surface area contributed by atoms with Crippen LogP contribution >= 0.6 is 0 Å². The number of aromatic nitrogens is 3. The van der Waals surface area contributed by atoms with E-state index in [-0.39, 0.29) is 23.6 Å². The zero-order valence-electron chi connectivity index (χ0n) is 11.5. The molecule has 0 saturated carbocycles. The molecular weight excluding hydrogens is 282 g/mol. The van der Waals surface area contributed by atoms with Crippen molar-refractivity contribution in [1.82, 2.24) is 14.8 Å². The van der Waals surface area contributed by atoms with Crippen LogP contribution in [0.5, 0.6) is 5.75 Å². The molecule has 0 unspecified atom stereocenters. The molecule has 0 radical (unpaired) electrons. The van der Waals surface area contributed by atoms with E-state index in [1.54, 1.807) is 42.5 Å². The molecule has 4 N–H and O–H groups in total. The number of phenolic OH excluding ortho intramolecular Hbond substituents is 1. The van der Waals surface area contributed by atoms with E-state index in [1.165, 1.54) is 6.07 Å². The van der Waals surface area contributed by atoms with E-state index in [0.717, 1.165) is 4.68 Å². The molecule has 3 aromatic rings. The van der Waals surface area contributed by atoms with Crippen LogP contribution in [0.3, 0.4) is 0 Å². The lowest BCUT2D eigenvalue weighted by molar-refractivity contribution is 0.0948. The second-order valence-corrected chi connectivity index (χ2v) is 4.55. The largest absolute Gasteiger partial charge is 0.508 e. The zero-order chi connectivity index (χ0) is 15.5. The molecule has 0 amide bonds. The Kier molecular flexibility index (Phi) is 3.45. The second-order valence-electron chi connectivity index (χ2n) is 4.55. The molecule has 0 fully saturated rings. The summed E-state index contributed by atoms with van der Waals surface area (Å²) in [5.74, 6) is -0.101. The second kappa shape index (κ2) is 5.57. The van der Waals surface area contributed by atoms with Crippen molar-refractivity contribution in [3.8, 4) is 5.75 Å². The number of hydrogen-bond donors (Lipinski definition) is 3. The Labute approximate surface area is 126 Å². The van der Waals surface area contributed by atoms with Gasteiger partial charge < -0.3 is 16.2 Å². The summed E-state index contributed by atoms with van der Waals surface area (Å²) in [6.07, 6.45) is 0. The lowest BCUT2D eigenvalue weighted by Gasteiger charge is -2.02. The van der Waals surface area contributed by atoms with Crippen LogP contribution in [0.4, 0.5) is 17.6 Å². The van der Waals surface area contributed by atoms with Gasteiger partial charge in [0.2, 0.25) is 11.9 Å². The quantitative estimate of drug-likeness (QED) is 0.682. The van der Waals surface area contributed by atoms with Crippen molar-refractivity contribution in [1.29, 1.82) is 0 Å². The van der Waals surface area contributed by atoms with Crippen LogP contribution in [0.1, 0.15) is 10.4 Å². The molecule has 110 valence electrons. The number of phenols is 1. The Morgan fingerprint density at radius 3 is 2.64 bits per heavy atom. The predicted molar refractivity (Wildman–Crippen MR) is 82.0 cm³/mol. The van der Waals surface area contributed by atoms with E-state index < -0.39 is 0 Å². The van der Waals surface area contributed by atoms with Gasteiger partial charge in [0.15, 0.2) is 0 Å². The Hall–Kier alpha value is -3.35. The van der Waals surface area contributed by atoms with E-state index in [1.807, 2.05) is 6.07 Å². The van der Waals surface area contributed by atoms with Gasteiger partial charge in [-0.1, -0.05) is 24.3 Å². The van der Waals surface area contributed by atoms with Gasteiger partial charge in [-0.25, -0.2) is 0 Å². The van der Waals surface area contributed by atoms with Crippen molar-refractivity contribution < 1.29 is 9.90 Å². The van der Waals surface area contributed by atoms with Gasteiger partial charge in [-0.2, -0.15) is 9.67 Å². The topological polar surface area (TPSA) is 106 Å². The average molecular weight is 295 g/mol. The lowest BCUT2D eigenvalue weighted by atomic mass is 10.2. The number of nitrogens with two attached hydrogens (primary N) is 1. The summed E-state index contributed by atoms with van der Waals surface area (Å²) in [4.78, 5) is 16.3. The highest BCUT2D eigenvalue weighted by Gasteiger charge is 2.15. The lowest BCUT2D eigenvalue weighted by Crippen LogP contribution is -2.16.